The fraction of sp³-hybridized carbons (Fsp3) is 0.500. The molecule has 1 amide bonds. The van der Waals surface area contributed by atoms with Gasteiger partial charge in [-0.3, -0.25) is 9.69 Å². The molecule has 0 aromatic heterocycles. The molecule has 2 aromatic carbocycles. The van der Waals surface area contributed by atoms with Crippen LogP contribution in [-0.4, -0.2) is 56.0 Å². The van der Waals surface area contributed by atoms with Crippen LogP contribution in [0.2, 0.25) is 0 Å². The Morgan fingerprint density at radius 1 is 0.967 bits per heavy atom. The number of rotatable bonds is 5. The molecule has 0 spiro atoms. The molecule has 1 aliphatic carbocycles. The van der Waals surface area contributed by atoms with Crippen molar-refractivity contribution < 1.29 is 4.79 Å². The Bertz CT molecular complexity index is 828. The van der Waals surface area contributed by atoms with E-state index in [1.54, 1.807) is 0 Å². The molecule has 1 aliphatic heterocycles. The summed E-state index contributed by atoms with van der Waals surface area (Å²) in [6.45, 7) is 1.64. The van der Waals surface area contributed by atoms with Crippen molar-refractivity contribution in [1.29, 1.82) is 0 Å². The predicted octanol–water partition coefficient (Wildman–Crippen LogP) is 3.85. The van der Waals surface area contributed by atoms with E-state index in [2.05, 4.69) is 89.9 Å². The summed E-state index contributed by atoms with van der Waals surface area (Å²) in [5.74, 6) is 0.674. The Labute approximate surface area is 181 Å². The van der Waals surface area contributed by atoms with Gasteiger partial charge in [0.05, 0.1) is 5.92 Å². The van der Waals surface area contributed by atoms with E-state index in [-0.39, 0.29) is 17.5 Å². The second-order valence-electron chi connectivity index (χ2n) is 9.13. The number of likely N-dealkylation sites (tertiary alicyclic amines) is 1. The molecule has 1 saturated carbocycles. The standard InChI is InChI=1S/C26H35N3O/c1-27-23-15-14-22(20-10-6-4-7-11-20)24(23)25(30)29-18-16-26(17-19-29,28(2)3)21-12-8-5-9-13-21/h4-13,22-24,27H,14-19H2,1-3H3. The van der Waals surface area contributed by atoms with Crippen LogP contribution in [0.4, 0.5) is 0 Å². The number of nitrogens with zero attached hydrogens (tertiary/aromatic N) is 2. The quantitative estimate of drug-likeness (QED) is 0.821. The van der Waals surface area contributed by atoms with Crippen LogP contribution in [0.3, 0.4) is 0 Å². The molecule has 2 fully saturated rings. The SMILES string of the molecule is CNC1CCC(c2ccccc2)C1C(=O)N1CCC(c2ccccc2)(N(C)C)CC1. The van der Waals surface area contributed by atoms with Crippen LogP contribution in [0.15, 0.2) is 60.7 Å². The van der Waals surface area contributed by atoms with Gasteiger partial charge in [-0.1, -0.05) is 60.7 Å². The van der Waals surface area contributed by atoms with Gasteiger partial charge < -0.3 is 10.2 Å². The third-order valence-electron chi connectivity index (χ3n) is 7.61. The van der Waals surface area contributed by atoms with Gasteiger partial charge in [-0.05, 0) is 63.9 Å². The topological polar surface area (TPSA) is 35.6 Å². The van der Waals surface area contributed by atoms with E-state index in [0.29, 0.717) is 11.8 Å². The van der Waals surface area contributed by atoms with E-state index in [9.17, 15) is 4.79 Å². The Morgan fingerprint density at radius 2 is 1.57 bits per heavy atom. The van der Waals surface area contributed by atoms with Crippen LogP contribution in [0.25, 0.3) is 0 Å². The molecule has 160 valence electrons. The van der Waals surface area contributed by atoms with Gasteiger partial charge in [0, 0.05) is 24.7 Å². The average molecular weight is 406 g/mol. The molecule has 4 nitrogen and oxygen atoms in total. The van der Waals surface area contributed by atoms with Gasteiger partial charge in [0.25, 0.3) is 0 Å². The first-order chi connectivity index (χ1) is 14.6. The van der Waals surface area contributed by atoms with Gasteiger partial charge in [0.1, 0.15) is 0 Å². The van der Waals surface area contributed by atoms with Crippen LogP contribution in [0.1, 0.15) is 42.7 Å². The highest BCUT2D eigenvalue weighted by Gasteiger charge is 2.45. The lowest BCUT2D eigenvalue weighted by Gasteiger charge is -2.47. The van der Waals surface area contributed by atoms with Crippen molar-refractivity contribution >= 4 is 5.91 Å². The number of hydrogen-bond donors (Lipinski definition) is 1. The number of hydrogen-bond acceptors (Lipinski definition) is 3. The molecule has 2 aliphatic rings. The first kappa shape index (κ1) is 21.1. The zero-order valence-electron chi connectivity index (χ0n) is 18.6. The molecular formula is C26H35N3O. The molecule has 2 aromatic rings. The lowest BCUT2D eigenvalue weighted by molar-refractivity contribution is -0.139. The zero-order chi connectivity index (χ0) is 21.1. The van der Waals surface area contributed by atoms with E-state index in [1.165, 1.54) is 11.1 Å². The molecule has 1 N–H and O–H groups in total. The number of nitrogens with one attached hydrogen (secondary N) is 1. The average Bonchev–Trinajstić information content (AvgIpc) is 3.24. The normalized spacial score (nSPS) is 26.1. The van der Waals surface area contributed by atoms with E-state index in [0.717, 1.165) is 38.8 Å². The smallest absolute Gasteiger partial charge is 0.227 e. The van der Waals surface area contributed by atoms with Crippen molar-refractivity contribution in [3.8, 4) is 0 Å². The maximum atomic E-state index is 13.7. The second-order valence-corrected chi connectivity index (χ2v) is 9.13. The molecule has 1 heterocycles. The molecule has 1 saturated heterocycles. The summed E-state index contributed by atoms with van der Waals surface area (Å²) in [4.78, 5) is 18.2. The van der Waals surface area contributed by atoms with Gasteiger partial charge >= 0.3 is 0 Å². The Kier molecular flexibility index (Phi) is 6.26. The summed E-state index contributed by atoms with van der Waals surface area (Å²) in [5.41, 5.74) is 2.67. The van der Waals surface area contributed by atoms with Crippen molar-refractivity contribution in [2.24, 2.45) is 5.92 Å². The van der Waals surface area contributed by atoms with E-state index in [4.69, 9.17) is 0 Å². The lowest BCUT2D eigenvalue weighted by Crippen LogP contribution is -2.54. The van der Waals surface area contributed by atoms with Crippen molar-refractivity contribution in [2.45, 2.75) is 43.2 Å². The lowest BCUT2D eigenvalue weighted by atomic mass is 9.79. The maximum Gasteiger partial charge on any atom is 0.227 e. The predicted molar refractivity (Wildman–Crippen MR) is 122 cm³/mol. The molecule has 3 atom stereocenters. The maximum absolute atomic E-state index is 13.7. The number of carbonyl (C=O) groups is 1. The highest BCUT2D eigenvalue weighted by molar-refractivity contribution is 5.81. The van der Waals surface area contributed by atoms with Gasteiger partial charge in [-0.2, -0.15) is 0 Å². The minimum Gasteiger partial charge on any atom is -0.342 e. The molecule has 30 heavy (non-hydrogen) atoms. The summed E-state index contributed by atoms with van der Waals surface area (Å²) < 4.78 is 0. The highest BCUT2D eigenvalue weighted by atomic mass is 16.2. The molecule has 4 heteroatoms. The molecular weight excluding hydrogens is 370 g/mol. The first-order valence-electron chi connectivity index (χ1n) is 11.3. The summed E-state index contributed by atoms with van der Waals surface area (Å²) in [5, 5.41) is 3.44. The summed E-state index contributed by atoms with van der Waals surface area (Å²) in [6.07, 6.45) is 4.09. The second kappa shape index (κ2) is 8.91. The van der Waals surface area contributed by atoms with Crippen molar-refractivity contribution in [3.63, 3.8) is 0 Å². The van der Waals surface area contributed by atoms with Crippen LogP contribution in [0.5, 0.6) is 0 Å². The molecule has 0 bridgehead atoms. The first-order valence-corrected chi connectivity index (χ1v) is 11.3. The van der Waals surface area contributed by atoms with E-state index in [1.807, 2.05) is 7.05 Å². The van der Waals surface area contributed by atoms with Gasteiger partial charge in [0.15, 0.2) is 0 Å². The Hall–Kier alpha value is -2.17. The van der Waals surface area contributed by atoms with Crippen LogP contribution in [0, 0.1) is 5.92 Å². The monoisotopic (exact) mass is 405 g/mol. The largest absolute Gasteiger partial charge is 0.342 e. The highest BCUT2D eigenvalue weighted by Crippen LogP contribution is 2.43. The van der Waals surface area contributed by atoms with Crippen molar-refractivity contribution in [3.05, 3.63) is 71.8 Å². The number of carbonyl (C=O) groups excluding carboxylic acids is 1. The van der Waals surface area contributed by atoms with Gasteiger partial charge in [0.2, 0.25) is 5.91 Å². The van der Waals surface area contributed by atoms with E-state index >= 15 is 0 Å². The molecule has 0 radical (unpaired) electrons. The third kappa shape index (κ3) is 3.79. The van der Waals surface area contributed by atoms with Crippen molar-refractivity contribution in [1.82, 2.24) is 15.1 Å². The number of piperidine rings is 1. The number of benzene rings is 2. The van der Waals surface area contributed by atoms with Crippen molar-refractivity contribution in [2.75, 3.05) is 34.2 Å². The summed E-state index contributed by atoms with van der Waals surface area (Å²) >= 11 is 0. The third-order valence-corrected chi connectivity index (χ3v) is 7.61. The summed E-state index contributed by atoms with van der Waals surface area (Å²) in [6, 6.07) is 21.7. The van der Waals surface area contributed by atoms with E-state index < -0.39 is 0 Å². The molecule has 4 rings (SSSR count). The summed E-state index contributed by atoms with van der Waals surface area (Å²) in [7, 11) is 6.34. The number of amides is 1. The van der Waals surface area contributed by atoms with Crippen LogP contribution >= 0.6 is 0 Å². The minimum atomic E-state index is 0.00888. The Morgan fingerprint density at radius 3 is 2.13 bits per heavy atom. The minimum absolute atomic E-state index is 0.00888. The fourth-order valence-electron chi connectivity index (χ4n) is 5.79. The molecule has 3 unspecified atom stereocenters. The van der Waals surface area contributed by atoms with Crippen LogP contribution < -0.4 is 5.32 Å². The van der Waals surface area contributed by atoms with Crippen LogP contribution in [-0.2, 0) is 10.3 Å². The van der Waals surface area contributed by atoms with Gasteiger partial charge in [-0.15, -0.1) is 0 Å². The Balaban J connectivity index is 1.53. The fourth-order valence-corrected chi connectivity index (χ4v) is 5.79. The zero-order valence-corrected chi connectivity index (χ0v) is 18.6. The van der Waals surface area contributed by atoms with Gasteiger partial charge in [-0.25, -0.2) is 0 Å².